The van der Waals surface area contributed by atoms with Crippen LogP contribution in [-0.4, -0.2) is 38.5 Å². The lowest BCUT2D eigenvalue weighted by Crippen LogP contribution is -2.28. The van der Waals surface area contributed by atoms with Crippen molar-refractivity contribution in [1.29, 1.82) is 0 Å². The number of ether oxygens (including phenoxy) is 2. The molecule has 24 heavy (non-hydrogen) atoms. The van der Waals surface area contributed by atoms with Gasteiger partial charge in [-0.3, -0.25) is 4.98 Å². The highest BCUT2D eigenvalue weighted by molar-refractivity contribution is 7.92. The molecule has 6 heteroatoms. The maximum Gasteiger partial charge on any atom is 0.186 e. The van der Waals surface area contributed by atoms with E-state index in [2.05, 4.69) is 11.6 Å². The highest BCUT2D eigenvalue weighted by Gasteiger charge is 2.34. The van der Waals surface area contributed by atoms with Gasteiger partial charge in [0.2, 0.25) is 0 Å². The second-order valence-electron chi connectivity index (χ2n) is 6.38. The van der Waals surface area contributed by atoms with Crippen LogP contribution in [0.2, 0.25) is 0 Å². The Kier molecular flexibility index (Phi) is 5.30. The van der Waals surface area contributed by atoms with E-state index in [9.17, 15) is 8.42 Å². The summed E-state index contributed by atoms with van der Waals surface area (Å²) in [5.41, 5.74) is 1.49. The van der Waals surface area contributed by atoms with Gasteiger partial charge in [0.15, 0.2) is 9.84 Å². The van der Waals surface area contributed by atoms with E-state index in [1.165, 1.54) is 0 Å². The number of fused-ring (bicyclic) bond motifs is 1. The Morgan fingerprint density at radius 3 is 2.54 bits per heavy atom. The minimum absolute atomic E-state index is 0.162. The molecule has 0 aliphatic heterocycles. The maximum absolute atomic E-state index is 13.0. The minimum Gasteiger partial charge on any atom is -0.490 e. The number of hydrogen-bond acceptors (Lipinski definition) is 5. The van der Waals surface area contributed by atoms with Crippen LogP contribution >= 0.6 is 0 Å². The van der Waals surface area contributed by atoms with E-state index < -0.39 is 14.6 Å². The van der Waals surface area contributed by atoms with Crippen molar-refractivity contribution in [2.45, 2.75) is 30.4 Å². The van der Waals surface area contributed by atoms with Crippen LogP contribution in [0.3, 0.4) is 0 Å². The molecule has 0 unspecified atom stereocenters. The normalized spacial score (nSPS) is 12.3. The van der Waals surface area contributed by atoms with Crippen molar-refractivity contribution in [3.05, 3.63) is 36.5 Å². The van der Waals surface area contributed by atoms with Crippen LogP contribution < -0.4 is 4.74 Å². The topological polar surface area (TPSA) is 65.5 Å². The highest BCUT2D eigenvalue weighted by atomic mass is 32.2. The van der Waals surface area contributed by atoms with Crippen LogP contribution in [-0.2, 0) is 14.6 Å². The molecule has 5 nitrogen and oxygen atoms in total. The lowest BCUT2D eigenvalue weighted by molar-refractivity contribution is 0.144. The lowest BCUT2D eigenvalue weighted by Gasteiger charge is -2.22. The molecule has 0 N–H and O–H groups in total. The first-order chi connectivity index (χ1) is 11.2. The Bertz CT molecular complexity index is 851. The summed E-state index contributed by atoms with van der Waals surface area (Å²) in [4.78, 5) is 4.47. The third kappa shape index (κ3) is 3.44. The number of nitrogens with zero attached hydrogens (tertiary/aromatic N) is 1. The molecule has 130 valence electrons. The molecule has 2 rings (SSSR count). The standard InChI is InChI=1S/C18H23NO4S/c1-6-13-7-8-19-15-12-16(23-10-9-22-5)17(11-14(13)15)24(20,21)18(2,3)4/h6-8,11-12H,1,9-10H2,2-5H3. The summed E-state index contributed by atoms with van der Waals surface area (Å²) >= 11 is 0. The van der Waals surface area contributed by atoms with Crippen molar-refractivity contribution in [3.8, 4) is 5.75 Å². The highest BCUT2D eigenvalue weighted by Crippen LogP contribution is 2.36. The molecule has 0 saturated heterocycles. The third-order valence-electron chi connectivity index (χ3n) is 3.70. The van der Waals surface area contributed by atoms with Gasteiger partial charge in [0.25, 0.3) is 0 Å². The van der Waals surface area contributed by atoms with Crippen molar-refractivity contribution in [2.75, 3.05) is 20.3 Å². The summed E-state index contributed by atoms with van der Waals surface area (Å²) in [6.45, 7) is 9.42. The van der Waals surface area contributed by atoms with Crippen LogP contribution in [0.25, 0.3) is 17.0 Å². The van der Waals surface area contributed by atoms with Gasteiger partial charge in [0.1, 0.15) is 17.3 Å². The average Bonchev–Trinajstić information content (AvgIpc) is 2.52. The van der Waals surface area contributed by atoms with Crippen LogP contribution in [0.1, 0.15) is 26.3 Å². The maximum atomic E-state index is 13.0. The molecule has 1 aromatic heterocycles. The van der Waals surface area contributed by atoms with Gasteiger partial charge in [-0.2, -0.15) is 0 Å². The van der Waals surface area contributed by atoms with Gasteiger partial charge in [0.05, 0.1) is 16.9 Å². The Hall–Kier alpha value is -1.92. The number of rotatable bonds is 6. The fourth-order valence-corrected chi connectivity index (χ4v) is 3.56. The number of aromatic nitrogens is 1. The fraction of sp³-hybridized carbons (Fsp3) is 0.389. The number of methoxy groups -OCH3 is 1. The monoisotopic (exact) mass is 349 g/mol. The molecule has 1 heterocycles. The smallest absolute Gasteiger partial charge is 0.186 e. The lowest BCUT2D eigenvalue weighted by atomic mass is 10.1. The van der Waals surface area contributed by atoms with Crippen molar-refractivity contribution < 1.29 is 17.9 Å². The van der Waals surface area contributed by atoms with E-state index in [0.29, 0.717) is 17.9 Å². The molecule has 0 radical (unpaired) electrons. The first kappa shape index (κ1) is 18.4. The van der Waals surface area contributed by atoms with Gasteiger partial charge < -0.3 is 9.47 Å². The van der Waals surface area contributed by atoms with Crippen molar-refractivity contribution in [3.63, 3.8) is 0 Å². The SMILES string of the molecule is C=Cc1ccnc2cc(OCCOC)c(S(=O)(=O)C(C)(C)C)cc12. The van der Waals surface area contributed by atoms with Crippen LogP contribution in [0.4, 0.5) is 0 Å². The number of sulfone groups is 1. The van der Waals surface area contributed by atoms with Gasteiger partial charge in [-0.25, -0.2) is 8.42 Å². The largest absolute Gasteiger partial charge is 0.490 e. The second-order valence-corrected chi connectivity index (χ2v) is 9.05. The molecule has 0 bridgehead atoms. The molecular weight excluding hydrogens is 326 g/mol. The van der Waals surface area contributed by atoms with Crippen molar-refractivity contribution in [1.82, 2.24) is 4.98 Å². The minimum atomic E-state index is -3.59. The number of hydrogen-bond donors (Lipinski definition) is 0. The summed E-state index contributed by atoms with van der Waals surface area (Å²) in [6, 6.07) is 5.09. The molecule has 0 amide bonds. The Morgan fingerprint density at radius 2 is 1.96 bits per heavy atom. The Labute approximate surface area is 143 Å². The predicted molar refractivity (Wildman–Crippen MR) is 96.1 cm³/mol. The molecule has 0 aliphatic carbocycles. The molecule has 2 aromatic rings. The predicted octanol–water partition coefficient (Wildman–Crippen LogP) is 3.48. The van der Waals surface area contributed by atoms with Crippen LogP contribution in [0, 0.1) is 0 Å². The average molecular weight is 349 g/mol. The van der Waals surface area contributed by atoms with E-state index in [-0.39, 0.29) is 11.5 Å². The third-order valence-corrected chi connectivity index (χ3v) is 6.21. The summed E-state index contributed by atoms with van der Waals surface area (Å²) in [6.07, 6.45) is 3.35. The van der Waals surface area contributed by atoms with Crippen molar-refractivity contribution in [2.24, 2.45) is 0 Å². The van der Waals surface area contributed by atoms with E-state index in [1.54, 1.807) is 58.4 Å². The Morgan fingerprint density at radius 1 is 1.25 bits per heavy atom. The van der Waals surface area contributed by atoms with E-state index in [0.717, 1.165) is 10.9 Å². The number of benzene rings is 1. The number of pyridine rings is 1. The molecule has 0 atom stereocenters. The second kappa shape index (κ2) is 6.91. The quantitative estimate of drug-likeness (QED) is 0.747. The molecule has 0 spiro atoms. The van der Waals surface area contributed by atoms with Crippen LogP contribution in [0.15, 0.2) is 35.9 Å². The van der Waals surface area contributed by atoms with E-state index >= 15 is 0 Å². The van der Waals surface area contributed by atoms with Gasteiger partial charge in [-0.1, -0.05) is 12.7 Å². The molecule has 0 aliphatic rings. The van der Waals surface area contributed by atoms with E-state index in [1.807, 2.05) is 0 Å². The zero-order chi connectivity index (χ0) is 18.0. The fourth-order valence-electron chi connectivity index (χ4n) is 2.24. The summed E-state index contributed by atoms with van der Waals surface area (Å²) in [5.74, 6) is 0.295. The van der Waals surface area contributed by atoms with Crippen molar-refractivity contribution >= 4 is 26.8 Å². The van der Waals surface area contributed by atoms with Gasteiger partial charge in [-0.15, -0.1) is 0 Å². The molecule has 0 fully saturated rings. The zero-order valence-electron chi connectivity index (χ0n) is 14.5. The molecular formula is C18H23NO4S. The first-order valence-corrected chi connectivity index (χ1v) is 9.12. The molecule has 1 aromatic carbocycles. The summed E-state index contributed by atoms with van der Waals surface area (Å²) < 4.78 is 35.7. The Balaban J connectivity index is 2.73. The van der Waals surface area contributed by atoms with E-state index in [4.69, 9.17) is 9.47 Å². The van der Waals surface area contributed by atoms with Gasteiger partial charge in [0, 0.05) is 24.8 Å². The zero-order valence-corrected chi connectivity index (χ0v) is 15.3. The van der Waals surface area contributed by atoms with Crippen LogP contribution in [0.5, 0.6) is 5.75 Å². The first-order valence-electron chi connectivity index (χ1n) is 7.64. The van der Waals surface area contributed by atoms with Gasteiger partial charge >= 0.3 is 0 Å². The summed E-state index contributed by atoms with van der Waals surface area (Å²) in [7, 11) is -2.02. The van der Waals surface area contributed by atoms with Gasteiger partial charge in [-0.05, 0) is 38.5 Å². The molecule has 0 saturated carbocycles. The summed E-state index contributed by atoms with van der Waals surface area (Å²) in [5, 5.41) is 0.731.